The van der Waals surface area contributed by atoms with Crippen molar-refractivity contribution in [2.75, 3.05) is 11.9 Å². The maximum absolute atomic E-state index is 12.0. The van der Waals surface area contributed by atoms with E-state index in [1.807, 2.05) is 13.0 Å². The van der Waals surface area contributed by atoms with E-state index in [9.17, 15) is 13.2 Å². The molecule has 1 N–H and O–H groups in total. The van der Waals surface area contributed by atoms with E-state index < -0.39 is 12.6 Å². The minimum absolute atomic E-state index is 0.0133. The van der Waals surface area contributed by atoms with Crippen LogP contribution in [0.25, 0.3) is 0 Å². The Hall–Kier alpha value is -1.90. The van der Waals surface area contributed by atoms with Gasteiger partial charge < -0.3 is 10.1 Å². The first-order valence-electron chi connectivity index (χ1n) is 6.34. The molecule has 0 fully saturated rings. The second-order valence-corrected chi connectivity index (χ2v) is 4.52. The lowest BCUT2D eigenvalue weighted by molar-refractivity contribution is -0.135. The lowest BCUT2D eigenvalue weighted by Gasteiger charge is -2.16. The van der Waals surface area contributed by atoms with Crippen LogP contribution in [0.4, 0.5) is 18.9 Å². The summed E-state index contributed by atoms with van der Waals surface area (Å²) < 4.78 is 41.2. The van der Waals surface area contributed by atoms with Crippen LogP contribution in [0.5, 0.6) is 5.75 Å². The van der Waals surface area contributed by atoms with Crippen molar-refractivity contribution in [2.24, 2.45) is 0 Å². The summed E-state index contributed by atoms with van der Waals surface area (Å²) in [6.07, 6.45) is -4.27. The number of ether oxygens (including phenoxy) is 1. The molecule has 0 saturated carbocycles. The van der Waals surface area contributed by atoms with Crippen LogP contribution in [-0.4, -0.2) is 18.8 Å². The average Bonchev–Trinajstić information content (AvgIpc) is 2.36. The molecule has 0 heterocycles. The van der Waals surface area contributed by atoms with Crippen LogP contribution < -0.4 is 10.1 Å². The summed E-state index contributed by atoms with van der Waals surface area (Å²) in [5, 5.41) is 11.5. The molecule has 110 valence electrons. The molecule has 0 aliphatic heterocycles. The number of halogens is 3. The number of hydrogen-bond donors (Lipinski definition) is 1. The average molecular weight is 286 g/mol. The quantitative estimate of drug-likeness (QED) is 0.820. The number of anilines is 1. The molecule has 1 atom stereocenters. The summed E-state index contributed by atoms with van der Waals surface area (Å²) in [6.45, 7) is 1.83. The van der Waals surface area contributed by atoms with E-state index >= 15 is 0 Å². The lowest BCUT2D eigenvalue weighted by atomic mass is 10.1. The normalized spacial score (nSPS) is 12.6. The highest BCUT2D eigenvalue weighted by Gasteiger charge is 2.26. The van der Waals surface area contributed by atoms with Crippen LogP contribution in [0.3, 0.4) is 0 Å². The number of hydrogen-bond acceptors (Lipinski definition) is 3. The molecule has 1 rings (SSSR count). The Bertz CT molecular complexity index is 437. The third-order valence-electron chi connectivity index (χ3n) is 2.67. The third-order valence-corrected chi connectivity index (χ3v) is 2.67. The van der Waals surface area contributed by atoms with E-state index in [0.29, 0.717) is 12.2 Å². The highest BCUT2D eigenvalue weighted by molar-refractivity contribution is 5.46. The van der Waals surface area contributed by atoms with E-state index in [2.05, 4.69) is 5.32 Å². The van der Waals surface area contributed by atoms with E-state index in [0.717, 1.165) is 5.69 Å². The molecule has 6 heteroatoms. The van der Waals surface area contributed by atoms with Gasteiger partial charge in [-0.3, -0.25) is 0 Å². The number of nitriles is 1. The Morgan fingerprint density at radius 1 is 1.30 bits per heavy atom. The van der Waals surface area contributed by atoms with Gasteiger partial charge in [0.25, 0.3) is 0 Å². The molecular formula is C14H17F3N2O. The van der Waals surface area contributed by atoms with Gasteiger partial charge in [-0.15, -0.1) is 0 Å². The van der Waals surface area contributed by atoms with Gasteiger partial charge in [0, 0.05) is 18.2 Å². The summed E-state index contributed by atoms with van der Waals surface area (Å²) in [4.78, 5) is 0. The first kappa shape index (κ1) is 16.2. The van der Waals surface area contributed by atoms with Crippen molar-refractivity contribution < 1.29 is 17.9 Å². The van der Waals surface area contributed by atoms with Gasteiger partial charge in [-0.05, 0) is 44.0 Å². The maximum atomic E-state index is 12.0. The van der Waals surface area contributed by atoms with E-state index in [1.165, 1.54) is 0 Å². The second-order valence-electron chi connectivity index (χ2n) is 4.52. The fourth-order valence-corrected chi connectivity index (χ4v) is 1.73. The van der Waals surface area contributed by atoms with Crippen LogP contribution in [0.1, 0.15) is 26.2 Å². The first-order valence-corrected chi connectivity index (χ1v) is 6.34. The van der Waals surface area contributed by atoms with Crippen LogP contribution in [0.2, 0.25) is 0 Å². The van der Waals surface area contributed by atoms with Crippen molar-refractivity contribution >= 4 is 5.69 Å². The number of nitrogens with zero attached hydrogens (tertiary/aromatic N) is 1. The van der Waals surface area contributed by atoms with Crippen molar-refractivity contribution in [3.05, 3.63) is 24.3 Å². The zero-order valence-electron chi connectivity index (χ0n) is 11.2. The monoisotopic (exact) mass is 286 g/mol. The van der Waals surface area contributed by atoms with Crippen molar-refractivity contribution in [3.63, 3.8) is 0 Å². The standard InChI is InChI=1S/C14H17F3N2O/c1-11(3-2-8-14(15,16)17)19-12-4-6-13(7-5-12)20-10-9-18/h4-7,11,19H,2-3,8,10H2,1H3. The SMILES string of the molecule is CC(CCCC(F)(F)F)Nc1ccc(OCC#N)cc1. The largest absolute Gasteiger partial charge is 0.479 e. The highest BCUT2D eigenvalue weighted by Crippen LogP contribution is 2.23. The fourth-order valence-electron chi connectivity index (χ4n) is 1.73. The molecule has 0 aromatic heterocycles. The van der Waals surface area contributed by atoms with Gasteiger partial charge in [0.1, 0.15) is 11.8 Å². The second kappa shape index (κ2) is 7.63. The Kier molecular flexibility index (Phi) is 6.16. The molecular weight excluding hydrogens is 269 g/mol. The molecule has 1 aromatic rings. The van der Waals surface area contributed by atoms with Crippen LogP contribution in [0.15, 0.2) is 24.3 Å². The Morgan fingerprint density at radius 2 is 1.95 bits per heavy atom. The van der Waals surface area contributed by atoms with Gasteiger partial charge in [0.15, 0.2) is 6.61 Å². The predicted octanol–water partition coefficient (Wildman–Crippen LogP) is 4.12. The number of nitrogens with one attached hydrogen (secondary N) is 1. The molecule has 1 unspecified atom stereocenters. The van der Waals surface area contributed by atoms with E-state index in [4.69, 9.17) is 10.00 Å². The van der Waals surface area contributed by atoms with Crippen molar-refractivity contribution in [1.29, 1.82) is 5.26 Å². The summed E-state index contributed by atoms with van der Waals surface area (Å²) in [5.74, 6) is 0.585. The highest BCUT2D eigenvalue weighted by atomic mass is 19.4. The van der Waals surface area contributed by atoms with Gasteiger partial charge in [0.05, 0.1) is 0 Å². The van der Waals surface area contributed by atoms with E-state index in [1.54, 1.807) is 24.3 Å². The van der Waals surface area contributed by atoms with Crippen LogP contribution in [-0.2, 0) is 0 Å². The van der Waals surface area contributed by atoms with Crippen molar-refractivity contribution in [2.45, 2.75) is 38.4 Å². The van der Waals surface area contributed by atoms with Crippen LogP contribution >= 0.6 is 0 Å². The summed E-state index contributed by atoms with van der Waals surface area (Å²) >= 11 is 0. The molecule has 0 saturated heterocycles. The summed E-state index contributed by atoms with van der Waals surface area (Å²) in [6, 6.07) is 8.79. The molecule has 0 radical (unpaired) electrons. The zero-order valence-corrected chi connectivity index (χ0v) is 11.2. The minimum Gasteiger partial charge on any atom is -0.479 e. The Labute approximate surface area is 116 Å². The topological polar surface area (TPSA) is 45.0 Å². The molecule has 0 amide bonds. The molecule has 1 aromatic carbocycles. The number of alkyl halides is 3. The lowest BCUT2D eigenvalue weighted by Crippen LogP contribution is -2.16. The molecule has 0 spiro atoms. The van der Waals surface area contributed by atoms with Crippen LogP contribution in [0, 0.1) is 11.3 Å². The maximum Gasteiger partial charge on any atom is 0.389 e. The number of rotatable bonds is 7. The van der Waals surface area contributed by atoms with Gasteiger partial charge in [0.2, 0.25) is 0 Å². The molecule has 20 heavy (non-hydrogen) atoms. The predicted molar refractivity (Wildman–Crippen MR) is 70.5 cm³/mol. The first-order chi connectivity index (χ1) is 9.40. The molecule has 3 nitrogen and oxygen atoms in total. The Balaban J connectivity index is 2.34. The number of benzene rings is 1. The summed E-state index contributed by atoms with van der Waals surface area (Å²) in [5.41, 5.74) is 0.814. The van der Waals surface area contributed by atoms with Crippen molar-refractivity contribution in [1.82, 2.24) is 0 Å². The minimum atomic E-state index is -4.08. The van der Waals surface area contributed by atoms with Gasteiger partial charge in [-0.25, -0.2) is 0 Å². The van der Waals surface area contributed by atoms with Gasteiger partial charge in [-0.2, -0.15) is 18.4 Å². The smallest absolute Gasteiger partial charge is 0.389 e. The van der Waals surface area contributed by atoms with Crippen molar-refractivity contribution in [3.8, 4) is 11.8 Å². The zero-order chi connectivity index (χ0) is 15.0. The third kappa shape index (κ3) is 6.88. The molecule has 0 aliphatic rings. The summed E-state index contributed by atoms with van der Waals surface area (Å²) in [7, 11) is 0. The Morgan fingerprint density at radius 3 is 2.50 bits per heavy atom. The fraction of sp³-hybridized carbons (Fsp3) is 0.500. The van der Waals surface area contributed by atoms with E-state index in [-0.39, 0.29) is 19.1 Å². The van der Waals surface area contributed by atoms with Gasteiger partial charge in [-0.1, -0.05) is 0 Å². The molecule has 0 bridgehead atoms. The van der Waals surface area contributed by atoms with Gasteiger partial charge >= 0.3 is 6.18 Å². The molecule has 0 aliphatic carbocycles.